The number of alkyl halides is 1. The first-order valence-corrected chi connectivity index (χ1v) is 12.3. The third kappa shape index (κ3) is 6.11. The minimum atomic E-state index is -1.18. The average molecular weight is 450 g/mol. The van der Waals surface area contributed by atoms with E-state index in [2.05, 4.69) is 46.7 Å². The Balaban J connectivity index is 1.44. The van der Waals surface area contributed by atoms with Gasteiger partial charge in [0, 0.05) is 50.4 Å². The van der Waals surface area contributed by atoms with Crippen LogP contribution in [0.15, 0.2) is 66.1 Å². The van der Waals surface area contributed by atoms with Gasteiger partial charge >= 0.3 is 0 Å². The molecule has 4 nitrogen and oxygen atoms in total. The van der Waals surface area contributed by atoms with E-state index in [1.807, 2.05) is 17.9 Å². The standard InChI is InChI=1S/C28H36FN3O/c1-3-27(33)32(26-11-5-4-10-25(29)12-13-26)22-28(14-15-28)31-17-7-16-30(18-19-31)21-24-9-6-8-23(2)20-24/h5-6,8-13,20,25H,3,7,14-19,21-22H2,1-2H3/b13-12?,26-11+. The summed E-state index contributed by atoms with van der Waals surface area (Å²) in [6.07, 6.45) is 10.8. The lowest BCUT2D eigenvalue weighted by Crippen LogP contribution is -2.48. The van der Waals surface area contributed by atoms with E-state index in [0.717, 1.165) is 57.7 Å². The molecule has 2 fully saturated rings. The van der Waals surface area contributed by atoms with Crippen LogP contribution in [0.25, 0.3) is 0 Å². The van der Waals surface area contributed by atoms with Crippen molar-refractivity contribution in [3.05, 3.63) is 77.2 Å². The Labute approximate surface area is 197 Å². The number of hydrogen-bond acceptors (Lipinski definition) is 3. The molecule has 1 atom stereocenters. The van der Waals surface area contributed by atoms with Gasteiger partial charge in [-0.1, -0.05) is 36.8 Å². The number of aryl methyl sites for hydroxylation is 1. The molecule has 2 aliphatic carbocycles. The van der Waals surface area contributed by atoms with Crippen molar-refractivity contribution in [3.63, 3.8) is 0 Å². The number of hydrogen-bond donors (Lipinski definition) is 0. The molecule has 1 unspecified atom stereocenters. The third-order valence-corrected chi connectivity index (χ3v) is 7.00. The molecule has 1 aromatic carbocycles. The number of carbonyl (C=O) groups excluding carboxylic acids is 1. The molecule has 33 heavy (non-hydrogen) atoms. The summed E-state index contributed by atoms with van der Waals surface area (Å²) in [5.74, 6) is 0.0847. The second kappa shape index (κ2) is 10.6. The monoisotopic (exact) mass is 449 g/mol. The Bertz CT molecular complexity index is 971. The fourth-order valence-electron chi connectivity index (χ4n) is 4.96. The number of rotatable bonds is 7. The Morgan fingerprint density at radius 3 is 2.85 bits per heavy atom. The fraction of sp³-hybridized carbons (Fsp3) is 0.500. The van der Waals surface area contributed by atoms with Crippen molar-refractivity contribution in [2.75, 3.05) is 32.7 Å². The first-order valence-electron chi connectivity index (χ1n) is 12.3. The smallest absolute Gasteiger partial charge is 0.226 e. The van der Waals surface area contributed by atoms with Gasteiger partial charge in [-0.2, -0.15) is 0 Å². The van der Waals surface area contributed by atoms with E-state index in [1.165, 1.54) is 23.3 Å². The number of allylic oxidation sites excluding steroid dienone is 4. The largest absolute Gasteiger partial charge is 0.311 e. The van der Waals surface area contributed by atoms with E-state index in [9.17, 15) is 9.18 Å². The summed E-state index contributed by atoms with van der Waals surface area (Å²) >= 11 is 0. The first-order chi connectivity index (χ1) is 16.0. The molecule has 176 valence electrons. The number of carbonyl (C=O) groups is 1. The summed E-state index contributed by atoms with van der Waals surface area (Å²) in [4.78, 5) is 20.0. The molecule has 5 heteroatoms. The van der Waals surface area contributed by atoms with Crippen LogP contribution >= 0.6 is 0 Å². The van der Waals surface area contributed by atoms with Gasteiger partial charge in [-0.05, 0) is 68.7 Å². The quantitative estimate of drug-likeness (QED) is 0.561. The molecule has 0 radical (unpaired) electrons. The topological polar surface area (TPSA) is 26.8 Å². The third-order valence-electron chi connectivity index (χ3n) is 7.00. The van der Waals surface area contributed by atoms with Crippen LogP contribution in [0.4, 0.5) is 4.39 Å². The van der Waals surface area contributed by atoms with Crippen molar-refractivity contribution in [2.45, 2.75) is 57.8 Å². The lowest BCUT2D eigenvalue weighted by Gasteiger charge is -2.36. The summed E-state index contributed by atoms with van der Waals surface area (Å²) < 4.78 is 13.9. The Morgan fingerprint density at radius 2 is 2.09 bits per heavy atom. The highest BCUT2D eigenvalue weighted by molar-refractivity contribution is 5.78. The molecule has 1 aliphatic heterocycles. The van der Waals surface area contributed by atoms with Gasteiger partial charge in [-0.15, -0.1) is 5.73 Å². The zero-order valence-corrected chi connectivity index (χ0v) is 20.0. The molecule has 1 amide bonds. The normalized spacial score (nSPS) is 24.5. The van der Waals surface area contributed by atoms with Gasteiger partial charge in [0.1, 0.15) is 6.17 Å². The van der Waals surface area contributed by atoms with E-state index in [0.29, 0.717) is 13.0 Å². The lowest BCUT2D eigenvalue weighted by atomic mass is 10.1. The van der Waals surface area contributed by atoms with E-state index in [4.69, 9.17) is 0 Å². The van der Waals surface area contributed by atoms with E-state index >= 15 is 0 Å². The highest BCUT2D eigenvalue weighted by Crippen LogP contribution is 2.43. The Kier molecular flexibility index (Phi) is 7.64. The average Bonchev–Trinajstić information content (AvgIpc) is 3.60. The predicted molar refractivity (Wildman–Crippen MR) is 131 cm³/mol. The van der Waals surface area contributed by atoms with Gasteiger partial charge in [0.15, 0.2) is 0 Å². The SMILES string of the molecule is CCC(=O)N(CC1(N2CCCN(Cc3cccc(C)c3)CC2)CC1)/C1=C/C=C=CC(F)C=C1. The highest BCUT2D eigenvalue weighted by atomic mass is 19.1. The number of benzene rings is 1. The van der Waals surface area contributed by atoms with Gasteiger partial charge in [-0.3, -0.25) is 14.6 Å². The van der Waals surface area contributed by atoms with E-state index < -0.39 is 6.17 Å². The summed E-state index contributed by atoms with van der Waals surface area (Å²) in [6.45, 7) is 9.91. The lowest BCUT2D eigenvalue weighted by molar-refractivity contribution is -0.129. The van der Waals surface area contributed by atoms with Gasteiger partial charge < -0.3 is 4.90 Å². The van der Waals surface area contributed by atoms with Gasteiger partial charge in [0.05, 0.1) is 0 Å². The highest BCUT2D eigenvalue weighted by Gasteiger charge is 2.49. The molecule has 0 spiro atoms. The van der Waals surface area contributed by atoms with Crippen molar-refractivity contribution in [3.8, 4) is 0 Å². The predicted octanol–water partition coefficient (Wildman–Crippen LogP) is 4.78. The molecule has 0 aromatic heterocycles. The van der Waals surface area contributed by atoms with Crippen LogP contribution < -0.4 is 0 Å². The van der Waals surface area contributed by atoms with Crippen molar-refractivity contribution in [1.82, 2.24) is 14.7 Å². The molecule has 0 bridgehead atoms. The minimum absolute atomic E-state index is 0.0376. The summed E-state index contributed by atoms with van der Waals surface area (Å²) in [5.41, 5.74) is 6.33. The Hall–Kier alpha value is -2.46. The maximum Gasteiger partial charge on any atom is 0.226 e. The van der Waals surface area contributed by atoms with Crippen LogP contribution in [0.2, 0.25) is 0 Å². The molecule has 3 aliphatic rings. The van der Waals surface area contributed by atoms with Crippen LogP contribution in [-0.2, 0) is 11.3 Å². The van der Waals surface area contributed by atoms with Crippen LogP contribution in [0.1, 0.15) is 43.7 Å². The Morgan fingerprint density at radius 1 is 1.24 bits per heavy atom. The maximum atomic E-state index is 13.9. The zero-order chi connectivity index (χ0) is 23.3. The number of halogens is 1. The maximum absolute atomic E-state index is 13.9. The van der Waals surface area contributed by atoms with Crippen molar-refractivity contribution >= 4 is 5.91 Å². The van der Waals surface area contributed by atoms with Crippen LogP contribution in [0.5, 0.6) is 0 Å². The van der Waals surface area contributed by atoms with Crippen molar-refractivity contribution in [1.29, 1.82) is 0 Å². The summed E-state index contributed by atoms with van der Waals surface area (Å²) in [5, 5.41) is 0. The zero-order valence-electron chi connectivity index (χ0n) is 20.0. The van der Waals surface area contributed by atoms with E-state index in [1.54, 1.807) is 12.2 Å². The van der Waals surface area contributed by atoms with Crippen LogP contribution in [0.3, 0.4) is 0 Å². The van der Waals surface area contributed by atoms with Gasteiger partial charge in [0.25, 0.3) is 0 Å². The fourth-order valence-corrected chi connectivity index (χ4v) is 4.96. The van der Waals surface area contributed by atoms with Gasteiger partial charge in [0.2, 0.25) is 5.91 Å². The molecule has 1 aromatic rings. The molecule has 4 rings (SSSR count). The molecule has 1 saturated heterocycles. The van der Waals surface area contributed by atoms with E-state index in [-0.39, 0.29) is 11.4 Å². The number of nitrogens with zero attached hydrogens (tertiary/aromatic N) is 3. The molecular formula is C28H36FN3O. The summed E-state index contributed by atoms with van der Waals surface area (Å²) in [6, 6.07) is 8.78. The van der Waals surface area contributed by atoms with Crippen LogP contribution in [0, 0.1) is 6.92 Å². The molecular weight excluding hydrogens is 413 g/mol. The second-order valence-electron chi connectivity index (χ2n) is 9.56. The molecule has 1 saturated carbocycles. The van der Waals surface area contributed by atoms with Gasteiger partial charge in [-0.25, -0.2) is 4.39 Å². The second-order valence-corrected chi connectivity index (χ2v) is 9.56. The molecule has 1 heterocycles. The van der Waals surface area contributed by atoms with Crippen LogP contribution in [-0.4, -0.2) is 65.0 Å². The molecule has 0 N–H and O–H groups in total. The summed E-state index contributed by atoms with van der Waals surface area (Å²) in [7, 11) is 0. The first kappa shape index (κ1) is 23.7. The number of amides is 1. The van der Waals surface area contributed by atoms with Crippen molar-refractivity contribution in [2.24, 2.45) is 0 Å². The minimum Gasteiger partial charge on any atom is -0.311 e. The van der Waals surface area contributed by atoms with Crippen molar-refractivity contribution < 1.29 is 9.18 Å².